The minimum Gasteiger partial charge on any atom is -0.413 e. The fourth-order valence-corrected chi connectivity index (χ4v) is 24.1. The predicted octanol–water partition coefficient (Wildman–Crippen LogP) is 14.9. The average molecular weight is 751 g/mol. The van der Waals surface area contributed by atoms with Crippen LogP contribution in [0, 0.1) is 0 Å². The first-order chi connectivity index (χ1) is 23.4. The Kier molecular flexibility index (Phi) is 26.4. The Morgan fingerprint density at radius 3 is 0.857 bits per heavy atom. The third-order valence-corrected chi connectivity index (χ3v) is 25.8. The largest absolute Gasteiger partial charge is 0.505 e. The highest BCUT2D eigenvalue weighted by Crippen LogP contribution is 2.32. The third kappa shape index (κ3) is 24.0. The van der Waals surface area contributed by atoms with Gasteiger partial charge in [0.2, 0.25) is 0 Å². The van der Waals surface area contributed by atoms with E-state index < -0.39 is 33.8 Å². The molecule has 1 aromatic carbocycles. The molecular formula is C42H86O3Si4. The summed E-state index contributed by atoms with van der Waals surface area (Å²) < 4.78 is 22.8. The molecule has 0 unspecified atom stereocenters. The van der Waals surface area contributed by atoms with E-state index in [1.807, 2.05) is 0 Å². The molecule has 0 bridgehead atoms. The van der Waals surface area contributed by atoms with Crippen LogP contribution in [-0.4, -0.2) is 33.8 Å². The first-order valence-corrected chi connectivity index (χ1v) is 32.6. The van der Waals surface area contributed by atoms with Gasteiger partial charge >= 0.3 is 8.80 Å². The Morgan fingerprint density at radius 2 is 0.592 bits per heavy atom. The zero-order valence-electron chi connectivity index (χ0n) is 34.7. The van der Waals surface area contributed by atoms with Gasteiger partial charge in [-0.2, -0.15) is 0 Å². The molecule has 0 aromatic heterocycles. The highest BCUT2D eigenvalue weighted by molar-refractivity contribution is 6.96. The molecule has 0 amide bonds. The van der Waals surface area contributed by atoms with Crippen molar-refractivity contribution in [3.63, 3.8) is 0 Å². The number of hydrogen-bond acceptors (Lipinski definition) is 3. The zero-order valence-corrected chi connectivity index (χ0v) is 38.7. The molecule has 3 nitrogen and oxygen atoms in total. The molecule has 0 atom stereocenters. The van der Waals surface area contributed by atoms with E-state index in [2.05, 4.69) is 90.4 Å². The Morgan fingerprint density at radius 1 is 0.347 bits per heavy atom. The lowest BCUT2D eigenvalue weighted by molar-refractivity contribution is 0.266. The Labute approximate surface area is 312 Å². The van der Waals surface area contributed by atoms with Crippen LogP contribution in [0.2, 0.25) is 57.4 Å². The highest BCUT2D eigenvalue weighted by Gasteiger charge is 2.54. The van der Waals surface area contributed by atoms with E-state index in [0.29, 0.717) is 0 Å². The van der Waals surface area contributed by atoms with Gasteiger partial charge in [-0.3, -0.25) is 0 Å². The molecule has 0 aliphatic carbocycles. The van der Waals surface area contributed by atoms with E-state index in [1.165, 1.54) is 177 Å². The SMILES string of the molecule is CCCCCCCCCC[Si](C)(C)O[Si](O[Si](C)(C)CCCCCCCCCC)(O[Si](C)(C)CCCCCCCCCC)c1ccccc1. The van der Waals surface area contributed by atoms with Crippen molar-refractivity contribution >= 4 is 38.9 Å². The first-order valence-electron chi connectivity index (χ1n) is 21.6. The van der Waals surface area contributed by atoms with Crippen molar-refractivity contribution in [2.45, 2.75) is 232 Å². The van der Waals surface area contributed by atoms with Gasteiger partial charge < -0.3 is 12.3 Å². The van der Waals surface area contributed by atoms with Gasteiger partial charge in [-0.1, -0.05) is 205 Å². The molecule has 49 heavy (non-hydrogen) atoms. The minimum atomic E-state index is -3.16. The van der Waals surface area contributed by atoms with E-state index in [-0.39, 0.29) is 0 Å². The van der Waals surface area contributed by atoms with Crippen molar-refractivity contribution < 1.29 is 12.3 Å². The minimum absolute atomic E-state index is 1.19. The van der Waals surface area contributed by atoms with Crippen LogP contribution in [0.1, 0.15) is 175 Å². The van der Waals surface area contributed by atoms with Gasteiger partial charge in [-0.05, 0) is 57.4 Å². The predicted molar refractivity (Wildman–Crippen MR) is 230 cm³/mol. The van der Waals surface area contributed by atoms with Crippen molar-refractivity contribution in [2.24, 2.45) is 0 Å². The second-order valence-electron chi connectivity index (χ2n) is 17.2. The summed E-state index contributed by atoms with van der Waals surface area (Å²) in [5, 5.41) is 1.21. The third-order valence-electron chi connectivity index (χ3n) is 10.3. The normalized spacial score (nSPS) is 13.0. The number of rotatable bonds is 34. The van der Waals surface area contributed by atoms with E-state index >= 15 is 0 Å². The van der Waals surface area contributed by atoms with Crippen LogP contribution in [0.25, 0.3) is 0 Å². The molecule has 0 saturated carbocycles. The lowest BCUT2D eigenvalue weighted by Gasteiger charge is -2.45. The van der Waals surface area contributed by atoms with Gasteiger partial charge in [-0.25, -0.2) is 0 Å². The number of hydrogen-bond donors (Lipinski definition) is 0. The summed E-state index contributed by atoms with van der Waals surface area (Å²) in [6.45, 7) is 21.6. The summed E-state index contributed by atoms with van der Waals surface area (Å²) in [5.74, 6) is 0. The Balaban J connectivity index is 3.09. The molecule has 0 aliphatic rings. The van der Waals surface area contributed by atoms with Crippen molar-refractivity contribution in [3.8, 4) is 0 Å². The van der Waals surface area contributed by atoms with Crippen LogP contribution >= 0.6 is 0 Å². The molecule has 0 heterocycles. The summed E-state index contributed by atoms with van der Waals surface area (Å²) in [7, 11) is -9.36. The molecule has 0 radical (unpaired) electrons. The molecule has 7 heteroatoms. The molecule has 1 rings (SSSR count). The van der Waals surface area contributed by atoms with E-state index in [4.69, 9.17) is 12.3 Å². The van der Waals surface area contributed by atoms with Crippen molar-refractivity contribution in [1.82, 2.24) is 0 Å². The second kappa shape index (κ2) is 27.6. The number of unbranched alkanes of at least 4 members (excludes halogenated alkanes) is 21. The topological polar surface area (TPSA) is 27.7 Å². The highest BCUT2D eigenvalue weighted by atomic mass is 28.5. The second-order valence-corrected chi connectivity index (χ2v) is 33.4. The van der Waals surface area contributed by atoms with E-state index in [9.17, 15) is 0 Å². The molecule has 0 spiro atoms. The van der Waals surface area contributed by atoms with Crippen LogP contribution in [0.15, 0.2) is 30.3 Å². The van der Waals surface area contributed by atoms with Crippen LogP contribution < -0.4 is 5.19 Å². The fraction of sp³-hybridized carbons (Fsp3) is 0.857. The summed E-state index contributed by atoms with van der Waals surface area (Å²) in [6, 6.07) is 14.6. The standard InChI is InChI=1S/C42H86O3Si4/c1-10-13-16-19-22-25-28-34-39-46(4,5)43-49(42-37-32-31-33-38-42,44-47(6,7)40-35-29-26-23-20-17-14-11-2)45-48(8,9)41-36-30-27-24-21-18-15-12-3/h31-33,37-38H,10-30,34-36,39-41H2,1-9H3. The van der Waals surface area contributed by atoms with Gasteiger partial charge in [-0.15, -0.1) is 0 Å². The van der Waals surface area contributed by atoms with Crippen LogP contribution in [0.3, 0.4) is 0 Å². The molecule has 0 saturated heterocycles. The molecule has 0 aliphatic heterocycles. The summed E-state index contributed by atoms with van der Waals surface area (Å²) in [5.41, 5.74) is 0. The Hall–Kier alpha value is -0.0325. The maximum Gasteiger partial charge on any atom is 0.505 e. The fourth-order valence-electron chi connectivity index (χ4n) is 7.18. The van der Waals surface area contributed by atoms with Crippen molar-refractivity contribution in [2.75, 3.05) is 0 Å². The van der Waals surface area contributed by atoms with E-state index in [0.717, 1.165) is 0 Å². The molecular weight excluding hydrogens is 665 g/mol. The lowest BCUT2D eigenvalue weighted by Crippen LogP contribution is -2.68. The quantitative estimate of drug-likeness (QED) is 0.0518. The van der Waals surface area contributed by atoms with E-state index in [1.54, 1.807) is 0 Å². The molecule has 288 valence electrons. The van der Waals surface area contributed by atoms with Crippen molar-refractivity contribution in [3.05, 3.63) is 30.3 Å². The molecule has 0 N–H and O–H groups in total. The number of benzene rings is 1. The van der Waals surface area contributed by atoms with Gasteiger partial charge in [0.25, 0.3) is 0 Å². The Bertz CT molecular complexity index is 810. The van der Waals surface area contributed by atoms with Gasteiger partial charge in [0.15, 0.2) is 25.0 Å². The van der Waals surface area contributed by atoms with Gasteiger partial charge in [0, 0.05) is 5.19 Å². The summed E-state index contributed by atoms with van der Waals surface area (Å²) in [6.07, 6.45) is 32.5. The van der Waals surface area contributed by atoms with Crippen LogP contribution in [0.4, 0.5) is 0 Å². The van der Waals surface area contributed by atoms with Crippen LogP contribution in [0.5, 0.6) is 0 Å². The summed E-state index contributed by atoms with van der Waals surface area (Å²) in [4.78, 5) is 0. The van der Waals surface area contributed by atoms with Gasteiger partial charge in [0.05, 0.1) is 0 Å². The molecule has 0 fully saturated rings. The maximum absolute atomic E-state index is 7.61. The maximum atomic E-state index is 7.61. The van der Waals surface area contributed by atoms with Gasteiger partial charge in [0.1, 0.15) is 0 Å². The smallest absolute Gasteiger partial charge is 0.413 e. The summed E-state index contributed by atoms with van der Waals surface area (Å²) >= 11 is 0. The van der Waals surface area contributed by atoms with Crippen molar-refractivity contribution in [1.29, 1.82) is 0 Å². The monoisotopic (exact) mass is 751 g/mol. The van der Waals surface area contributed by atoms with Crippen LogP contribution in [-0.2, 0) is 12.3 Å². The zero-order chi connectivity index (χ0) is 36.3. The average Bonchev–Trinajstić information content (AvgIpc) is 3.04. The molecule has 1 aromatic rings. The first kappa shape index (κ1) is 47.0. The lowest BCUT2D eigenvalue weighted by atomic mass is 10.1.